The summed E-state index contributed by atoms with van der Waals surface area (Å²) in [6.45, 7) is 0. The molecule has 3 aromatic carbocycles. The van der Waals surface area contributed by atoms with E-state index < -0.39 is 28.4 Å². The molecule has 1 heterocycles. The number of benzene rings is 3. The van der Waals surface area contributed by atoms with Crippen LogP contribution in [0.4, 0.5) is 11.4 Å². The van der Waals surface area contributed by atoms with Gasteiger partial charge in [-0.05, 0) is 18.2 Å². The summed E-state index contributed by atoms with van der Waals surface area (Å²) in [4.78, 5) is 37.9. The zero-order valence-electron chi connectivity index (χ0n) is 17.3. The fourth-order valence-corrected chi connectivity index (χ4v) is 3.86. The summed E-state index contributed by atoms with van der Waals surface area (Å²) in [5.41, 5.74) is -0.126. The van der Waals surface area contributed by atoms with Crippen LogP contribution in [0.15, 0.2) is 78.4 Å². The Morgan fingerprint density at radius 3 is 2.42 bits per heavy atom. The fraction of sp³-hybridized carbons (Fsp3) is 0.0833. The number of carbonyl (C=O) groups is 2. The van der Waals surface area contributed by atoms with Crippen molar-refractivity contribution < 1.29 is 29.5 Å². The van der Waals surface area contributed by atoms with Gasteiger partial charge >= 0.3 is 0 Å². The first-order chi connectivity index (χ1) is 15.8. The van der Waals surface area contributed by atoms with Crippen molar-refractivity contribution in [1.82, 2.24) is 0 Å². The van der Waals surface area contributed by atoms with E-state index in [1.54, 1.807) is 36.4 Å². The molecule has 9 nitrogen and oxygen atoms in total. The van der Waals surface area contributed by atoms with Crippen molar-refractivity contribution in [2.45, 2.75) is 6.04 Å². The van der Waals surface area contributed by atoms with Gasteiger partial charge in [0.2, 0.25) is 0 Å². The second-order valence-electron chi connectivity index (χ2n) is 7.21. The summed E-state index contributed by atoms with van der Waals surface area (Å²) in [5.74, 6) is -2.45. The number of nitrogens with zero attached hydrogens (tertiary/aromatic N) is 2. The second-order valence-corrected chi connectivity index (χ2v) is 7.21. The third-order valence-electron chi connectivity index (χ3n) is 5.35. The number of non-ortho nitro benzene ring substituents is 1. The summed E-state index contributed by atoms with van der Waals surface area (Å²) in [7, 11) is 1.42. The molecule has 0 aromatic heterocycles. The number of phenols is 1. The van der Waals surface area contributed by atoms with Crippen LogP contribution in [0.5, 0.6) is 11.5 Å². The van der Waals surface area contributed by atoms with Gasteiger partial charge in [-0.2, -0.15) is 0 Å². The molecule has 1 fully saturated rings. The third-order valence-corrected chi connectivity index (χ3v) is 5.35. The van der Waals surface area contributed by atoms with Gasteiger partial charge in [-0.25, -0.2) is 0 Å². The van der Waals surface area contributed by atoms with Crippen LogP contribution < -0.4 is 9.64 Å². The summed E-state index contributed by atoms with van der Waals surface area (Å²) in [6.07, 6.45) is 0. The fourth-order valence-electron chi connectivity index (χ4n) is 3.86. The van der Waals surface area contributed by atoms with Crippen molar-refractivity contribution in [3.8, 4) is 11.5 Å². The van der Waals surface area contributed by atoms with Gasteiger partial charge in [-0.3, -0.25) is 24.6 Å². The quantitative estimate of drug-likeness (QED) is 0.200. The predicted molar refractivity (Wildman–Crippen MR) is 119 cm³/mol. The van der Waals surface area contributed by atoms with E-state index in [2.05, 4.69) is 0 Å². The normalized spacial score (nSPS) is 17.2. The summed E-state index contributed by atoms with van der Waals surface area (Å²) < 4.78 is 5.42. The monoisotopic (exact) mass is 446 g/mol. The molecule has 9 heteroatoms. The van der Waals surface area contributed by atoms with Gasteiger partial charge in [0.15, 0.2) is 0 Å². The van der Waals surface area contributed by atoms with Crippen LogP contribution in [0.3, 0.4) is 0 Å². The number of anilines is 1. The van der Waals surface area contributed by atoms with Crippen LogP contribution in [0.25, 0.3) is 5.76 Å². The van der Waals surface area contributed by atoms with Gasteiger partial charge in [0.05, 0.1) is 29.3 Å². The average molecular weight is 446 g/mol. The molecule has 3 aromatic rings. The van der Waals surface area contributed by atoms with Crippen molar-refractivity contribution in [3.05, 3.63) is 99.6 Å². The molecule has 1 aliphatic rings. The number of Topliss-reactive ketones (excluding diaryl/α,β-unsaturated/α-hetero) is 1. The molecule has 1 amide bonds. The highest BCUT2D eigenvalue weighted by molar-refractivity contribution is 6.52. The molecule has 1 aliphatic heterocycles. The molecule has 4 rings (SSSR count). The maximum Gasteiger partial charge on any atom is 0.300 e. The Kier molecular flexibility index (Phi) is 5.53. The molecule has 0 saturated carbocycles. The second kappa shape index (κ2) is 8.46. The Morgan fingerprint density at radius 1 is 1.03 bits per heavy atom. The molecule has 166 valence electrons. The summed E-state index contributed by atoms with van der Waals surface area (Å²) in [5, 5.41) is 32.7. The highest BCUT2D eigenvalue weighted by Crippen LogP contribution is 2.46. The van der Waals surface area contributed by atoms with E-state index in [-0.39, 0.29) is 28.3 Å². The first kappa shape index (κ1) is 21.6. The molecular weight excluding hydrogens is 428 g/mol. The molecule has 1 saturated heterocycles. The van der Waals surface area contributed by atoms with Crippen LogP contribution in [0.1, 0.15) is 17.2 Å². The van der Waals surface area contributed by atoms with Gasteiger partial charge in [0, 0.05) is 23.3 Å². The third kappa shape index (κ3) is 3.65. The van der Waals surface area contributed by atoms with Gasteiger partial charge in [0.1, 0.15) is 17.3 Å². The molecular formula is C24H18N2O7. The number of hydrogen-bond acceptors (Lipinski definition) is 7. The molecule has 0 radical (unpaired) electrons. The lowest BCUT2D eigenvalue weighted by Crippen LogP contribution is -2.29. The number of hydrogen-bond donors (Lipinski definition) is 2. The number of phenolic OH excluding ortho intramolecular Hbond substituents is 1. The Morgan fingerprint density at radius 2 is 1.73 bits per heavy atom. The van der Waals surface area contributed by atoms with Crippen LogP contribution in [-0.4, -0.2) is 33.9 Å². The zero-order valence-corrected chi connectivity index (χ0v) is 17.3. The van der Waals surface area contributed by atoms with Crippen molar-refractivity contribution in [2.75, 3.05) is 12.0 Å². The number of nitro benzene ring substituents is 1. The molecule has 0 aliphatic carbocycles. The van der Waals surface area contributed by atoms with E-state index in [4.69, 9.17) is 4.74 Å². The lowest BCUT2D eigenvalue weighted by atomic mass is 9.94. The molecule has 1 atom stereocenters. The average Bonchev–Trinajstić information content (AvgIpc) is 3.09. The van der Waals surface area contributed by atoms with Gasteiger partial charge < -0.3 is 14.9 Å². The van der Waals surface area contributed by atoms with E-state index in [0.29, 0.717) is 11.3 Å². The lowest BCUT2D eigenvalue weighted by molar-refractivity contribution is -0.384. The maximum atomic E-state index is 13.2. The van der Waals surface area contributed by atoms with Gasteiger partial charge in [-0.15, -0.1) is 0 Å². The standard InChI is InChI=1S/C24H18N2O7/c1-33-19-12-5-2-9-16(19)21-20(22(28)14-7-6-8-15(13-14)26(31)32)23(29)24(30)25(21)17-10-3-4-11-18(17)27/h2-13,21,27-28H,1H3/b22-20+. The van der Waals surface area contributed by atoms with Gasteiger partial charge in [0.25, 0.3) is 17.4 Å². The van der Waals surface area contributed by atoms with E-state index in [9.17, 15) is 29.9 Å². The number of aliphatic hydroxyl groups excluding tert-OH is 1. The number of ether oxygens (including phenoxy) is 1. The summed E-state index contributed by atoms with van der Waals surface area (Å²) in [6, 6.07) is 16.6. The zero-order chi connectivity index (χ0) is 23.7. The number of carbonyl (C=O) groups excluding carboxylic acids is 2. The number of methoxy groups -OCH3 is 1. The maximum absolute atomic E-state index is 13.2. The lowest BCUT2D eigenvalue weighted by Gasteiger charge is -2.27. The number of nitro groups is 1. The van der Waals surface area contributed by atoms with Crippen LogP contribution in [0.2, 0.25) is 0 Å². The minimum absolute atomic E-state index is 0.000573. The predicted octanol–water partition coefficient (Wildman–Crippen LogP) is 3.94. The van der Waals surface area contributed by atoms with Crippen LogP contribution >= 0.6 is 0 Å². The van der Waals surface area contributed by atoms with E-state index in [0.717, 1.165) is 11.0 Å². The Balaban J connectivity index is 2.01. The minimum atomic E-state index is -1.16. The van der Waals surface area contributed by atoms with Crippen molar-refractivity contribution in [2.24, 2.45) is 0 Å². The molecule has 2 N–H and O–H groups in total. The van der Waals surface area contributed by atoms with Crippen LogP contribution in [0, 0.1) is 10.1 Å². The van der Waals surface area contributed by atoms with E-state index in [1.165, 1.54) is 37.4 Å². The number of aromatic hydroxyl groups is 1. The minimum Gasteiger partial charge on any atom is -0.507 e. The molecule has 1 unspecified atom stereocenters. The number of amides is 1. The first-order valence-electron chi connectivity index (χ1n) is 9.82. The summed E-state index contributed by atoms with van der Waals surface area (Å²) >= 11 is 0. The first-order valence-corrected chi connectivity index (χ1v) is 9.82. The molecule has 0 bridgehead atoms. The topological polar surface area (TPSA) is 130 Å². The number of aliphatic hydroxyl groups is 1. The SMILES string of the molecule is COc1ccccc1C1/C(=C(\O)c2cccc([N+](=O)[O-])c2)C(=O)C(=O)N1c1ccccc1O. The highest BCUT2D eigenvalue weighted by atomic mass is 16.6. The van der Waals surface area contributed by atoms with E-state index in [1.807, 2.05) is 0 Å². The largest absolute Gasteiger partial charge is 0.507 e. The van der Waals surface area contributed by atoms with Crippen molar-refractivity contribution in [3.63, 3.8) is 0 Å². The number of ketones is 1. The number of para-hydroxylation sites is 3. The van der Waals surface area contributed by atoms with E-state index >= 15 is 0 Å². The Labute approximate surface area is 187 Å². The Hall–Kier alpha value is -4.66. The molecule has 33 heavy (non-hydrogen) atoms. The molecule has 0 spiro atoms. The van der Waals surface area contributed by atoms with Crippen molar-refractivity contribution >= 4 is 28.8 Å². The smallest absolute Gasteiger partial charge is 0.300 e. The van der Waals surface area contributed by atoms with Gasteiger partial charge in [-0.1, -0.05) is 42.5 Å². The van der Waals surface area contributed by atoms with Crippen LogP contribution in [-0.2, 0) is 9.59 Å². The van der Waals surface area contributed by atoms with Crippen molar-refractivity contribution in [1.29, 1.82) is 0 Å². The number of rotatable bonds is 5. The Bertz CT molecular complexity index is 1320. The highest BCUT2D eigenvalue weighted by Gasteiger charge is 2.48.